The van der Waals surface area contributed by atoms with Gasteiger partial charge in [0.2, 0.25) is 0 Å². The van der Waals surface area contributed by atoms with Crippen LogP contribution in [0.25, 0.3) is 0 Å². The number of carbonyl (C=O) groups excluding carboxylic acids is 1. The van der Waals surface area contributed by atoms with Gasteiger partial charge in [-0.1, -0.05) is 12.1 Å². The maximum Gasteiger partial charge on any atom is 0.162 e. The summed E-state index contributed by atoms with van der Waals surface area (Å²) >= 11 is 0. The zero-order valence-electron chi connectivity index (χ0n) is 13.9. The molecule has 2 aliphatic carbocycles. The van der Waals surface area contributed by atoms with Gasteiger partial charge in [-0.25, -0.2) is 0 Å². The number of aromatic hydroxyl groups is 1. The second kappa shape index (κ2) is 4.84. The van der Waals surface area contributed by atoms with Gasteiger partial charge in [0.15, 0.2) is 17.3 Å². The summed E-state index contributed by atoms with van der Waals surface area (Å²) < 4.78 is 5.35. The van der Waals surface area contributed by atoms with Gasteiger partial charge in [-0.05, 0) is 56.5 Å². The molecule has 4 heteroatoms. The quantitative estimate of drug-likeness (QED) is 0.865. The first-order valence-corrected chi connectivity index (χ1v) is 8.30. The van der Waals surface area contributed by atoms with E-state index in [1.54, 1.807) is 7.11 Å². The molecule has 1 fully saturated rings. The van der Waals surface area contributed by atoms with Crippen LogP contribution in [0.2, 0.25) is 0 Å². The molecule has 2 bridgehead atoms. The molecule has 3 atom stereocenters. The van der Waals surface area contributed by atoms with Crippen LogP contribution < -0.4 is 4.74 Å². The first kappa shape index (κ1) is 14.8. The number of phenolic OH excluding ortho intramolecular Hbond substituents is 1. The zero-order valence-corrected chi connectivity index (χ0v) is 13.9. The molecule has 1 N–H and O–H groups in total. The highest BCUT2D eigenvalue weighted by Crippen LogP contribution is 2.57. The van der Waals surface area contributed by atoms with Crippen LogP contribution in [0.3, 0.4) is 0 Å². The van der Waals surface area contributed by atoms with Crippen molar-refractivity contribution < 1.29 is 14.6 Å². The standard InChI is InChI=1S/C19H23NO3/c1-11-10-19-6-7-20(2)14(13(19)9-15(11)21)8-12-4-5-16(23-3)18(22)17(12)19/h4-5,10,13-14,22H,6-9H2,1-3H3/t13-,14+,19-/m0/s1. The van der Waals surface area contributed by atoms with Crippen molar-refractivity contribution in [2.45, 2.75) is 37.6 Å². The van der Waals surface area contributed by atoms with Gasteiger partial charge >= 0.3 is 0 Å². The Morgan fingerprint density at radius 2 is 2.13 bits per heavy atom. The molecule has 0 amide bonds. The molecule has 1 aliphatic heterocycles. The van der Waals surface area contributed by atoms with E-state index in [0.29, 0.717) is 18.2 Å². The third-order valence-corrected chi connectivity index (χ3v) is 6.23. The Balaban J connectivity index is 2.01. The van der Waals surface area contributed by atoms with Gasteiger partial charge in [-0.3, -0.25) is 4.79 Å². The molecule has 1 saturated heterocycles. The summed E-state index contributed by atoms with van der Waals surface area (Å²) in [6.45, 7) is 2.89. The Labute approximate surface area is 136 Å². The number of carbonyl (C=O) groups is 1. The smallest absolute Gasteiger partial charge is 0.162 e. The number of phenols is 1. The Bertz CT molecular complexity index is 724. The van der Waals surface area contributed by atoms with E-state index in [4.69, 9.17) is 4.74 Å². The highest BCUT2D eigenvalue weighted by molar-refractivity contribution is 5.96. The van der Waals surface area contributed by atoms with Gasteiger partial charge in [-0.2, -0.15) is 0 Å². The van der Waals surface area contributed by atoms with Crippen molar-refractivity contribution >= 4 is 5.78 Å². The van der Waals surface area contributed by atoms with Crippen molar-refractivity contribution in [1.82, 2.24) is 4.90 Å². The lowest BCUT2D eigenvalue weighted by Crippen LogP contribution is -2.59. The normalized spacial score (nSPS) is 32.8. The molecule has 0 radical (unpaired) electrons. The molecular weight excluding hydrogens is 290 g/mol. The molecule has 1 aromatic carbocycles. The van der Waals surface area contributed by atoms with Gasteiger partial charge in [0.1, 0.15) is 0 Å². The minimum Gasteiger partial charge on any atom is -0.504 e. The first-order chi connectivity index (χ1) is 11.0. The lowest BCUT2D eigenvalue weighted by Gasteiger charge is -2.56. The average molecular weight is 313 g/mol. The lowest BCUT2D eigenvalue weighted by atomic mass is 9.53. The maximum atomic E-state index is 12.3. The number of likely N-dealkylation sites (N-methyl/N-ethyl adjacent to an activating group) is 1. The molecule has 0 spiro atoms. The van der Waals surface area contributed by atoms with Gasteiger partial charge in [0.05, 0.1) is 7.11 Å². The van der Waals surface area contributed by atoms with Crippen LogP contribution >= 0.6 is 0 Å². The Kier molecular flexibility index (Phi) is 3.11. The number of likely N-dealkylation sites (tertiary alicyclic amines) is 1. The van der Waals surface area contributed by atoms with E-state index >= 15 is 0 Å². The summed E-state index contributed by atoms with van der Waals surface area (Å²) in [6, 6.07) is 4.29. The fraction of sp³-hybridized carbons (Fsp3) is 0.526. The highest BCUT2D eigenvalue weighted by Gasteiger charge is 2.55. The van der Waals surface area contributed by atoms with Crippen LogP contribution in [0.15, 0.2) is 23.8 Å². The van der Waals surface area contributed by atoms with Gasteiger partial charge in [0.25, 0.3) is 0 Å². The average Bonchev–Trinajstić information content (AvgIpc) is 2.52. The Morgan fingerprint density at radius 3 is 2.87 bits per heavy atom. The van der Waals surface area contributed by atoms with E-state index in [9.17, 15) is 9.90 Å². The molecule has 1 heterocycles. The Hall–Kier alpha value is -1.81. The fourth-order valence-electron chi connectivity index (χ4n) is 5.06. The molecule has 122 valence electrons. The van der Waals surface area contributed by atoms with Crippen LogP contribution in [0.4, 0.5) is 0 Å². The number of Topliss-reactive ketones (excluding diaryl/α,β-unsaturated/α-hetero) is 1. The minimum atomic E-state index is -0.235. The van der Waals surface area contributed by atoms with Crippen LogP contribution in [0.1, 0.15) is 30.9 Å². The zero-order chi connectivity index (χ0) is 16.4. The van der Waals surface area contributed by atoms with Crippen LogP contribution in [0, 0.1) is 5.92 Å². The van der Waals surface area contributed by atoms with Gasteiger partial charge in [-0.15, -0.1) is 0 Å². The minimum absolute atomic E-state index is 0.235. The van der Waals surface area contributed by atoms with E-state index < -0.39 is 0 Å². The molecule has 4 rings (SSSR count). The third kappa shape index (κ3) is 1.84. The van der Waals surface area contributed by atoms with Crippen LogP contribution in [-0.2, 0) is 16.6 Å². The Morgan fingerprint density at radius 1 is 1.35 bits per heavy atom. The molecule has 0 unspecified atom stereocenters. The molecule has 1 aromatic rings. The molecule has 4 nitrogen and oxygen atoms in total. The second-order valence-electron chi connectivity index (χ2n) is 7.25. The molecule has 0 saturated carbocycles. The van der Waals surface area contributed by atoms with E-state index in [2.05, 4.69) is 24.1 Å². The number of ether oxygens (including phenoxy) is 1. The summed E-state index contributed by atoms with van der Waals surface area (Å²) in [5, 5.41) is 10.8. The van der Waals surface area contributed by atoms with E-state index in [0.717, 1.165) is 30.5 Å². The first-order valence-electron chi connectivity index (χ1n) is 8.30. The van der Waals surface area contributed by atoms with Crippen molar-refractivity contribution in [2.75, 3.05) is 20.7 Å². The topological polar surface area (TPSA) is 49.8 Å². The number of benzene rings is 1. The van der Waals surface area contributed by atoms with Crippen molar-refractivity contribution in [3.63, 3.8) is 0 Å². The third-order valence-electron chi connectivity index (χ3n) is 6.23. The van der Waals surface area contributed by atoms with Crippen LogP contribution in [0.5, 0.6) is 11.5 Å². The van der Waals surface area contributed by atoms with E-state index in [-0.39, 0.29) is 22.9 Å². The SMILES string of the molecule is COc1ccc2c(c1O)[C@@]13C=C(C)C(=O)C[C@H]1[C@@H](C2)N(C)CC3. The van der Waals surface area contributed by atoms with Gasteiger partial charge in [0, 0.05) is 23.4 Å². The summed E-state index contributed by atoms with van der Waals surface area (Å²) in [7, 11) is 3.74. The number of nitrogens with zero attached hydrogens (tertiary/aromatic N) is 1. The molecule has 23 heavy (non-hydrogen) atoms. The number of rotatable bonds is 1. The second-order valence-corrected chi connectivity index (χ2v) is 7.25. The number of hydrogen-bond donors (Lipinski definition) is 1. The van der Waals surface area contributed by atoms with Gasteiger partial charge < -0.3 is 14.7 Å². The van der Waals surface area contributed by atoms with Crippen molar-refractivity contribution in [3.8, 4) is 11.5 Å². The van der Waals surface area contributed by atoms with E-state index in [1.165, 1.54) is 5.56 Å². The van der Waals surface area contributed by atoms with E-state index in [1.807, 2.05) is 13.0 Å². The van der Waals surface area contributed by atoms with Crippen LogP contribution in [-0.4, -0.2) is 42.5 Å². The number of hydrogen-bond acceptors (Lipinski definition) is 4. The summed E-state index contributed by atoms with van der Waals surface area (Å²) in [6.07, 6.45) is 4.53. The number of piperidine rings is 1. The highest BCUT2D eigenvalue weighted by atomic mass is 16.5. The molecule has 3 aliphatic rings. The largest absolute Gasteiger partial charge is 0.504 e. The monoisotopic (exact) mass is 313 g/mol. The number of fused-ring (bicyclic) bond motifs is 1. The predicted octanol–water partition coefficient (Wildman–Crippen LogP) is 2.43. The van der Waals surface area contributed by atoms with Crippen molar-refractivity contribution in [1.29, 1.82) is 0 Å². The summed E-state index contributed by atoms with van der Waals surface area (Å²) in [5.74, 6) is 1.27. The molecular formula is C19H23NO3. The number of methoxy groups -OCH3 is 1. The molecule has 0 aromatic heterocycles. The summed E-state index contributed by atoms with van der Waals surface area (Å²) in [5.41, 5.74) is 2.79. The predicted molar refractivity (Wildman–Crippen MR) is 87.9 cm³/mol. The fourth-order valence-corrected chi connectivity index (χ4v) is 5.06. The maximum absolute atomic E-state index is 12.3. The van der Waals surface area contributed by atoms with Crippen molar-refractivity contribution in [3.05, 3.63) is 34.9 Å². The van der Waals surface area contributed by atoms with Crippen molar-refractivity contribution in [2.24, 2.45) is 5.92 Å². The lowest BCUT2D eigenvalue weighted by molar-refractivity contribution is -0.119. The summed E-state index contributed by atoms with van der Waals surface area (Å²) in [4.78, 5) is 14.7. The number of ketones is 1. The number of allylic oxidation sites excluding steroid dienone is 2.